The van der Waals surface area contributed by atoms with E-state index in [1.807, 2.05) is 36.4 Å². The number of rotatable bonds is 4. The van der Waals surface area contributed by atoms with Gasteiger partial charge in [0.25, 0.3) is 0 Å². The molecule has 0 fully saturated rings. The van der Waals surface area contributed by atoms with Gasteiger partial charge in [0.1, 0.15) is 6.33 Å². The van der Waals surface area contributed by atoms with Crippen LogP contribution in [0.2, 0.25) is 0 Å². The Morgan fingerprint density at radius 1 is 0.857 bits per heavy atom. The molecule has 2 aromatic carbocycles. The second-order valence-electron chi connectivity index (χ2n) is 4.73. The van der Waals surface area contributed by atoms with Gasteiger partial charge in [0.2, 0.25) is 0 Å². The molecule has 0 unspecified atom stereocenters. The van der Waals surface area contributed by atoms with Crippen molar-refractivity contribution in [2.45, 2.75) is 6.04 Å². The summed E-state index contributed by atoms with van der Waals surface area (Å²) < 4.78 is 0. The van der Waals surface area contributed by atoms with Crippen LogP contribution in [0.3, 0.4) is 0 Å². The monoisotopic (exact) mass is 276 g/mol. The number of hydrogen-bond acceptors (Lipinski definition) is 4. The first-order valence-corrected chi connectivity index (χ1v) is 6.76. The van der Waals surface area contributed by atoms with Crippen LogP contribution in [0.4, 0.5) is 11.5 Å². The largest absolute Gasteiger partial charge is 0.394 e. The molecule has 3 rings (SSSR count). The zero-order chi connectivity index (χ0) is 14.5. The van der Waals surface area contributed by atoms with Gasteiger partial charge in [-0.15, -0.1) is 0 Å². The molecular weight excluding hydrogens is 260 g/mol. The van der Waals surface area contributed by atoms with E-state index < -0.39 is 0 Å². The van der Waals surface area contributed by atoms with Gasteiger partial charge in [-0.3, -0.25) is 0 Å². The molecule has 0 saturated carbocycles. The molecule has 0 spiro atoms. The van der Waals surface area contributed by atoms with Crippen LogP contribution in [-0.4, -0.2) is 9.97 Å². The molecule has 0 amide bonds. The lowest BCUT2D eigenvalue weighted by molar-refractivity contribution is 0.924. The lowest BCUT2D eigenvalue weighted by Gasteiger charge is -2.21. The molecule has 4 heteroatoms. The van der Waals surface area contributed by atoms with Gasteiger partial charge < -0.3 is 11.1 Å². The smallest absolute Gasteiger partial charge is 0.153 e. The minimum Gasteiger partial charge on any atom is -0.394 e. The third-order valence-corrected chi connectivity index (χ3v) is 3.29. The number of nitrogens with zero attached hydrogens (tertiary/aromatic N) is 2. The van der Waals surface area contributed by atoms with Gasteiger partial charge in [0.05, 0.1) is 17.9 Å². The maximum absolute atomic E-state index is 5.94. The van der Waals surface area contributed by atoms with Crippen LogP contribution in [0, 0.1) is 0 Å². The summed E-state index contributed by atoms with van der Waals surface area (Å²) in [5.74, 6) is 0.641. The Morgan fingerprint density at radius 2 is 1.43 bits per heavy atom. The van der Waals surface area contributed by atoms with Crippen molar-refractivity contribution in [3.63, 3.8) is 0 Å². The summed E-state index contributed by atoms with van der Waals surface area (Å²) in [7, 11) is 0. The van der Waals surface area contributed by atoms with Crippen molar-refractivity contribution in [3.05, 3.63) is 84.3 Å². The van der Waals surface area contributed by atoms with E-state index in [9.17, 15) is 0 Å². The molecule has 4 nitrogen and oxygen atoms in total. The number of aromatic nitrogens is 2. The maximum atomic E-state index is 5.94. The third-order valence-electron chi connectivity index (χ3n) is 3.29. The molecule has 0 aliphatic rings. The van der Waals surface area contributed by atoms with Gasteiger partial charge in [-0.05, 0) is 11.1 Å². The molecule has 21 heavy (non-hydrogen) atoms. The summed E-state index contributed by atoms with van der Waals surface area (Å²) >= 11 is 0. The molecule has 0 atom stereocenters. The van der Waals surface area contributed by atoms with Crippen LogP contribution in [0.5, 0.6) is 0 Å². The fourth-order valence-corrected chi connectivity index (χ4v) is 2.25. The number of benzene rings is 2. The fourth-order valence-electron chi connectivity index (χ4n) is 2.25. The molecule has 3 aromatic rings. The predicted molar refractivity (Wildman–Crippen MR) is 84.8 cm³/mol. The van der Waals surface area contributed by atoms with Gasteiger partial charge in [-0.25, -0.2) is 9.97 Å². The summed E-state index contributed by atoms with van der Waals surface area (Å²) in [4.78, 5) is 8.14. The summed E-state index contributed by atoms with van der Waals surface area (Å²) in [5.41, 5.74) is 8.78. The first-order chi connectivity index (χ1) is 10.3. The average Bonchev–Trinajstić information content (AvgIpc) is 2.56. The standard InChI is InChI=1S/C17H16N4/c18-15-11-19-12-20-17(15)21-16(13-7-3-1-4-8-13)14-9-5-2-6-10-14/h1-12,16H,18H2,(H,19,20,21). The van der Waals surface area contributed by atoms with Crippen LogP contribution >= 0.6 is 0 Å². The summed E-state index contributed by atoms with van der Waals surface area (Å²) in [5, 5.41) is 3.40. The molecule has 104 valence electrons. The predicted octanol–water partition coefficient (Wildman–Crippen LogP) is 3.26. The number of anilines is 2. The van der Waals surface area contributed by atoms with E-state index in [2.05, 4.69) is 39.6 Å². The van der Waals surface area contributed by atoms with Crippen LogP contribution in [-0.2, 0) is 0 Å². The number of nitrogens with two attached hydrogens (primary N) is 1. The SMILES string of the molecule is Nc1cncnc1NC(c1ccccc1)c1ccccc1. The molecular formula is C17H16N4. The first kappa shape index (κ1) is 13.1. The van der Waals surface area contributed by atoms with Crippen LogP contribution in [0.1, 0.15) is 17.2 Å². The fraction of sp³-hybridized carbons (Fsp3) is 0.0588. The van der Waals surface area contributed by atoms with Crippen molar-refractivity contribution in [1.29, 1.82) is 0 Å². The van der Waals surface area contributed by atoms with E-state index in [4.69, 9.17) is 5.73 Å². The Labute approximate surface area is 123 Å². The topological polar surface area (TPSA) is 63.8 Å². The molecule has 0 aliphatic heterocycles. The normalized spacial score (nSPS) is 10.5. The highest BCUT2D eigenvalue weighted by molar-refractivity contribution is 5.61. The van der Waals surface area contributed by atoms with E-state index in [1.54, 1.807) is 6.20 Å². The Hall–Kier alpha value is -2.88. The maximum Gasteiger partial charge on any atom is 0.153 e. The zero-order valence-corrected chi connectivity index (χ0v) is 11.5. The van der Waals surface area contributed by atoms with Crippen LogP contribution in [0.25, 0.3) is 0 Å². The van der Waals surface area contributed by atoms with Gasteiger partial charge in [0.15, 0.2) is 5.82 Å². The highest BCUT2D eigenvalue weighted by atomic mass is 15.1. The zero-order valence-electron chi connectivity index (χ0n) is 11.5. The highest BCUT2D eigenvalue weighted by Gasteiger charge is 2.15. The average molecular weight is 276 g/mol. The molecule has 1 heterocycles. The van der Waals surface area contributed by atoms with Crippen molar-refractivity contribution in [1.82, 2.24) is 9.97 Å². The molecule has 0 radical (unpaired) electrons. The second-order valence-corrected chi connectivity index (χ2v) is 4.73. The van der Waals surface area contributed by atoms with Crippen molar-refractivity contribution in [2.75, 3.05) is 11.1 Å². The third kappa shape index (κ3) is 3.00. The Bertz CT molecular complexity index is 659. The van der Waals surface area contributed by atoms with Crippen LogP contribution < -0.4 is 11.1 Å². The van der Waals surface area contributed by atoms with Crippen molar-refractivity contribution in [3.8, 4) is 0 Å². The van der Waals surface area contributed by atoms with E-state index in [0.717, 1.165) is 11.1 Å². The van der Waals surface area contributed by atoms with E-state index >= 15 is 0 Å². The summed E-state index contributed by atoms with van der Waals surface area (Å²) in [6, 6.07) is 20.4. The van der Waals surface area contributed by atoms with Crippen LogP contribution in [0.15, 0.2) is 73.2 Å². The lowest BCUT2D eigenvalue weighted by atomic mass is 9.99. The molecule has 0 aliphatic carbocycles. The molecule has 1 aromatic heterocycles. The minimum absolute atomic E-state index is 0.00963. The lowest BCUT2D eigenvalue weighted by Crippen LogP contribution is -2.14. The molecule has 0 saturated heterocycles. The minimum atomic E-state index is -0.00963. The van der Waals surface area contributed by atoms with Crippen molar-refractivity contribution in [2.24, 2.45) is 0 Å². The van der Waals surface area contributed by atoms with Gasteiger partial charge in [-0.1, -0.05) is 60.7 Å². The van der Waals surface area contributed by atoms with Gasteiger partial charge in [0, 0.05) is 0 Å². The summed E-state index contributed by atoms with van der Waals surface area (Å²) in [6.45, 7) is 0. The van der Waals surface area contributed by atoms with E-state index in [1.165, 1.54) is 6.33 Å². The number of hydrogen-bond donors (Lipinski definition) is 2. The van der Waals surface area contributed by atoms with Gasteiger partial charge >= 0.3 is 0 Å². The van der Waals surface area contributed by atoms with E-state index in [0.29, 0.717) is 11.5 Å². The second kappa shape index (κ2) is 6.05. The van der Waals surface area contributed by atoms with Gasteiger partial charge in [-0.2, -0.15) is 0 Å². The first-order valence-electron chi connectivity index (χ1n) is 6.76. The quantitative estimate of drug-likeness (QED) is 0.767. The van der Waals surface area contributed by atoms with Crippen molar-refractivity contribution >= 4 is 11.5 Å². The Kier molecular flexibility index (Phi) is 3.78. The molecule has 3 N–H and O–H groups in total. The summed E-state index contributed by atoms with van der Waals surface area (Å²) in [6.07, 6.45) is 3.09. The number of nitrogen functional groups attached to an aromatic ring is 1. The van der Waals surface area contributed by atoms with Crippen molar-refractivity contribution < 1.29 is 0 Å². The Balaban J connectivity index is 1.99. The number of nitrogens with one attached hydrogen (secondary N) is 1. The molecule has 0 bridgehead atoms. The highest BCUT2D eigenvalue weighted by Crippen LogP contribution is 2.27. The Morgan fingerprint density at radius 3 is 1.95 bits per heavy atom. The van der Waals surface area contributed by atoms with E-state index in [-0.39, 0.29) is 6.04 Å².